The molecule has 282 valence electrons. The third-order valence-corrected chi connectivity index (χ3v) is 10.4. The topological polar surface area (TPSA) is 77.3 Å². The van der Waals surface area contributed by atoms with Crippen LogP contribution in [0.25, 0.3) is 102 Å². The third-order valence-electron chi connectivity index (χ3n) is 10.4. The van der Waals surface area contributed by atoms with E-state index in [1.54, 1.807) is 6.20 Å². The Morgan fingerprint density at radius 1 is 0.217 bits per heavy atom. The van der Waals surface area contributed by atoms with Gasteiger partial charge in [-0.05, 0) is 63.7 Å². The molecule has 7 aromatic carbocycles. The minimum absolute atomic E-state index is 0.616. The summed E-state index contributed by atoms with van der Waals surface area (Å²) in [7, 11) is 0. The number of benzene rings is 7. The number of hydrogen-bond acceptors (Lipinski definition) is 6. The smallest absolute Gasteiger partial charge is 0.164 e. The van der Waals surface area contributed by atoms with Crippen molar-refractivity contribution in [3.63, 3.8) is 0 Å². The van der Waals surface area contributed by atoms with Crippen LogP contribution < -0.4 is 0 Å². The average molecular weight is 769 g/mol. The van der Waals surface area contributed by atoms with E-state index in [-0.39, 0.29) is 0 Å². The van der Waals surface area contributed by atoms with Crippen molar-refractivity contribution in [1.29, 1.82) is 0 Å². The third kappa shape index (κ3) is 7.49. The lowest BCUT2D eigenvalue weighted by Gasteiger charge is -2.16. The molecule has 0 amide bonds. The van der Waals surface area contributed by atoms with Crippen LogP contribution in [0, 0.1) is 0 Å². The SMILES string of the molecule is c1ccc(-c2nc(-c3cccc(-c4ccccc4-c4ccccc4-c4cccc(-c5nc(-c6ccccc6)nc(-c6ccccc6)n5)c4)c3)cc(-c3ccccn3)n2)cc1. The highest BCUT2D eigenvalue weighted by Crippen LogP contribution is 2.40. The molecule has 0 saturated carbocycles. The Labute approximate surface area is 348 Å². The van der Waals surface area contributed by atoms with Crippen LogP contribution >= 0.6 is 0 Å². The van der Waals surface area contributed by atoms with Crippen molar-refractivity contribution in [3.05, 3.63) is 219 Å². The Morgan fingerprint density at radius 2 is 0.600 bits per heavy atom. The van der Waals surface area contributed by atoms with Gasteiger partial charge in [-0.25, -0.2) is 24.9 Å². The summed E-state index contributed by atoms with van der Waals surface area (Å²) in [5.74, 6) is 2.53. The van der Waals surface area contributed by atoms with Crippen LogP contribution in [-0.2, 0) is 0 Å². The molecule has 0 saturated heterocycles. The van der Waals surface area contributed by atoms with Gasteiger partial charge in [-0.1, -0.05) is 182 Å². The van der Waals surface area contributed by atoms with E-state index in [9.17, 15) is 0 Å². The van der Waals surface area contributed by atoms with Crippen molar-refractivity contribution in [1.82, 2.24) is 29.9 Å². The quantitative estimate of drug-likeness (QED) is 0.145. The second-order valence-electron chi connectivity index (χ2n) is 14.3. The number of rotatable bonds is 9. The molecule has 0 unspecified atom stereocenters. The van der Waals surface area contributed by atoms with Crippen molar-refractivity contribution in [2.75, 3.05) is 0 Å². The van der Waals surface area contributed by atoms with Crippen LogP contribution in [0.1, 0.15) is 0 Å². The van der Waals surface area contributed by atoms with E-state index >= 15 is 0 Å². The monoisotopic (exact) mass is 768 g/mol. The molecule has 3 heterocycles. The van der Waals surface area contributed by atoms with Crippen molar-refractivity contribution >= 4 is 0 Å². The first-order valence-electron chi connectivity index (χ1n) is 19.9. The first-order valence-corrected chi connectivity index (χ1v) is 19.9. The summed E-state index contributed by atoms with van der Waals surface area (Å²) in [6.45, 7) is 0. The van der Waals surface area contributed by atoms with Gasteiger partial charge in [0.15, 0.2) is 23.3 Å². The molecule has 0 aliphatic carbocycles. The van der Waals surface area contributed by atoms with Crippen LogP contribution in [0.15, 0.2) is 219 Å². The molecule has 60 heavy (non-hydrogen) atoms. The average Bonchev–Trinajstić information content (AvgIpc) is 3.35. The Morgan fingerprint density at radius 3 is 1.12 bits per heavy atom. The molecule has 0 atom stereocenters. The van der Waals surface area contributed by atoms with E-state index in [1.165, 1.54) is 0 Å². The maximum absolute atomic E-state index is 5.09. The summed E-state index contributed by atoms with van der Waals surface area (Å²) in [4.78, 5) is 29.6. The molecule has 3 aromatic heterocycles. The predicted octanol–water partition coefficient (Wildman–Crippen LogP) is 13.1. The maximum atomic E-state index is 5.09. The Kier molecular flexibility index (Phi) is 9.84. The highest BCUT2D eigenvalue weighted by atomic mass is 15.0. The molecule has 0 fully saturated rings. The lowest BCUT2D eigenvalue weighted by Crippen LogP contribution is -2.00. The van der Waals surface area contributed by atoms with Gasteiger partial charge in [-0.3, -0.25) is 4.98 Å². The van der Waals surface area contributed by atoms with Gasteiger partial charge in [0, 0.05) is 34.0 Å². The van der Waals surface area contributed by atoms with E-state index in [1.807, 2.05) is 115 Å². The zero-order chi connectivity index (χ0) is 40.1. The van der Waals surface area contributed by atoms with Gasteiger partial charge in [0.05, 0.1) is 17.1 Å². The minimum atomic E-state index is 0.616. The lowest BCUT2D eigenvalue weighted by molar-refractivity contribution is 1.07. The lowest BCUT2D eigenvalue weighted by atomic mass is 9.88. The molecular weight excluding hydrogens is 733 g/mol. The fraction of sp³-hybridized carbons (Fsp3) is 0. The minimum Gasteiger partial charge on any atom is -0.255 e. The van der Waals surface area contributed by atoms with Crippen molar-refractivity contribution < 1.29 is 0 Å². The number of aromatic nitrogens is 6. The van der Waals surface area contributed by atoms with Gasteiger partial charge >= 0.3 is 0 Å². The van der Waals surface area contributed by atoms with Gasteiger partial charge in [-0.15, -0.1) is 0 Å². The Bertz CT molecular complexity index is 2750. The standard InChI is InChI=1S/C54H36N6/c1-4-18-37(19-5-1)51-56-49(36-50(57-51)48-32-14-15-33-55-48)42-26-16-24-40(34-42)44-28-10-12-30-46(44)47-31-13-11-29-45(47)41-25-17-27-43(35-41)54-59-52(38-20-6-2-7-21-38)58-53(60-54)39-22-8-3-9-23-39/h1-36H. The molecule has 0 aliphatic rings. The van der Waals surface area contributed by atoms with Crippen molar-refractivity contribution in [2.45, 2.75) is 0 Å². The van der Waals surface area contributed by atoms with E-state index in [2.05, 4.69) is 102 Å². The molecular formula is C54H36N6. The Balaban J connectivity index is 1.05. The summed E-state index contributed by atoms with van der Waals surface area (Å²) in [5, 5.41) is 0. The highest BCUT2D eigenvalue weighted by Gasteiger charge is 2.17. The van der Waals surface area contributed by atoms with Crippen LogP contribution in [-0.4, -0.2) is 29.9 Å². The fourth-order valence-electron chi connectivity index (χ4n) is 7.51. The van der Waals surface area contributed by atoms with Crippen molar-refractivity contribution in [3.8, 4) is 102 Å². The normalized spacial score (nSPS) is 11.0. The molecule has 0 radical (unpaired) electrons. The van der Waals surface area contributed by atoms with Crippen LogP contribution in [0.5, 0.6) is 0 Å². The van der Waals surface area contributed by atoms with Crippen LogP contribution in [0.4, 0.5) is 0 Å². The van der Waals surface area contributed by atoms with Gasteiger partial charge in [0.1, 0.15) is 0 Å². The first kappa shape index (κ1) is 36.1. The van der Waals surface area contributed by atoms with E-state index in [0.717, 1.165) is 78.3 Å². The summed E-state index contributed by atoms with van der Waals surface area (Å²) in [5.41, 5.74) is 13.7. The molecule has 6 heteroatoms. The molecule has 0 aliphatic heterocycles. The van der Waals surface area contributed by atoms with Gasteiger partial charge < -0.3 is 0 Å². The van der Waals surface area contributed by atoms with E-state index in [0.29, 0.717) is 23.3 Å². The van der Waals surface area contributed by atoms with Gasteiger partial charge in [0.2, 0.25) is 0 Å². The Hall–Kier alpha value is -8.22. The molecule has 0 N–H and O–H groups in total. The van der Waals surface area contributed by atoms with Crippen LogP contribution in [0.3, 0.4) is 0 Å². The number of nitrogens with zero attached hydrogens (tertiary/aromatic N) is 6. The second-order valence-corrected chi connectivity index (χ2v) is 14.3. The maximum Gasteiger partial charge on any atom is 0.164 e. The summed E-state index contributed by atoms with van der Waals surface area (Å²) < 4.78 is 0. The first-order chi connectivity index (χ1) is 29.7. The molecule has 10 rings (SSSR count). The van der Waals surface area contributed by atoms with Gasteiger partial charge in [0.25, 0.3) is 0 Å². The fourth-order valence-corrected chi connectivity index (χ4v) is 7.51. The molecule has 0 bridgehead atoms. The number of hydrogen-bond donors (Lipinski definition) is 0. The second kappa shape index (κ2) is 16.3. The highest BCUT2D eigenvalue weighted by molar-refractivity contribution is 5.93. The summed E-state index contributed by atoms with van der Waals surface area (Å²) in [6.07, 6.45) is 1.79. The van der Waals surface area contributed by atoms with E-state index < -0.39 is 0 Å². The zero-order valence-corrected chi connectivity index (χ0v) is 32.5. The van der Waals surface area contributed by atoms with E-state index in [4.69, 9.17) is 24.9 Å². The molecule has 6 nitrogen and oxygen atoms in total. The molecule has 0 spiro atoms. The van der Waals surface area contributed by atoms with Gasteiger partial charge in [-0.2, -0.15) is 0 Å². The summed E-state index contributed by atoms with van der Waals surface area (Å²) in [6, 6.07) is 72.4. The summed E-state index contributed by atoms with van der Waals surface area (Å²) >= 11 is 0. The predicted molar refractivity (Wildman–Crippen MR) is 242 cm³/mol. The van der Waals surface area contributed by atoms with Crippen LogP contribution in [0.2, 0.25) is 0 Å². The number of pyridine rings is 1. The molecule has 10 aromatic rings. The largest absolute Gasteiger partial charge is 0.255 e. The zero-order valence-electron chi connectivity index (χ0n) is 32.5. The van der Waals surface area contributed by atoms with Crippen molar-refractivity contribution in [2.24, 2.45) is 0 Å².